The fourth-order valence-corrected chi connectivity index (χ4v) is 2.57. The van der Waals surface area contributed by atoms with Gasteiger partial charge in [-0.15, -0.1) is 0 Å². The number of anilines is 1. The topological polar surface area (TPSA) is 82.2 Å². The largest absolute Gasteiger partial charge is 0.488 e. The summed E-state index contributed by atoms with van der Waals surface area (Å²) in [5.41, 5.74) is 4.56. The highest BCUT2D eigenvalue weighted by Crippen LogP contribution is 2.24. The van der Waals surface area contributed by atoms with Crippen molar-refractivity contribution < 1.29 is 14.1 Å². The van der Waals surface area contributed by atoms with Crippen molar-refractivity contribution in [3.8, 4) is 5.75 Å². The number of hydrogen-bond acceptors (Lipinski definition) is 5. The summed E-state index contributed by atoms with van der Waals surface area (Å²) in [7, 11) is 1.81. The first kappa shape index (κ1) is 17.7. The third-order valence-corrected chi connectivity index (χ3v) is 4.61. The lowest BCUT2D eigenvalue weighted by Gasteiger charge is -2.11. The van der Waals surface area contributed by atoms with Crippen molar-refractivity contribution in [2.75, 3.05) is 5.32 Å². The van der Waals surface area contributed by atoms with Crippen LogP contribution in [0, 0.1) is 27.7 Å². The molecule has 136 valence electrons. The molecule has 0 aliphatic heterocycles. The molecule has 0 saturated carbocycles. The van der Waals surface area contributed by atoms with E-state index in [0.717, 1.165) is 22.6 Å². The van der Waals surface area contributed by atoms with Crippen molar-refractivity contribution in [1.82, 2.24) is 14.9 Å². The van der Waals surface area contributed by atoms with Crippen LogP contribution in [0.15, 0.2) is 28.9 Å². The second-order valence-corrected chi connectivity index (χ2v) is 6.27. The average molecular weight is 354 g/mol. The van der Waals surface area contributed by atoms with Gasteiger partial charge in [0, 0.05) is 7.05 Å². The zero-order valence-corrected chi connectivity index (χ0v) is 15.6. The van der Waals surface area contributed by atoms with Gasteiger partial charge in [0.05, 0.1) is 23.1 Å². The summed E-state index contributed by atoms with van der Waals surface area (Å²) in [4.78, 5) is 12.6. The normalized spacial score (nSPS) is 10.8. The Morgan fingerprint density at radius 1 is 1.27 bits per heavy atom. The van der Waals surface area contributed by atoms with E-state index in [4.69, 9.17) is 9.26 Å². The lowest BCUT2D eigenvalue weighted by Crippen LogP contribution is -2.16. The standard InChI is InChI=1S/C19H22N4O3/c1-11-7-6-8-17(12(11)2)25-10-15-14(4)26-22-18(15)19(24)21-16-9-20-23(5)13(16)3/h6-9H,10H2,1-5H3,(H,21,24). The number of rotatable bonds is 5. The van der Waals surface area contributed by atoms with Crippen molar-refractivity contribution in [3.05, 3.63) is 58.2 Å². The number of amides is 1. The second kappa shape index (κ2) is 7.03. The van der Waals surface area contributed by atoms with E-state index in [2.05, 4.69) is 15.6 Å². The summed E-state index contributed by atoms with van der Waals surface area (Å²) in [5, 5.41) is 10.8. The van der Waals surface area contributed by atoms with Crippen LogP contribution in [0.5, 0.6) is 5.75 Å². The van der Waals surface area contributed by atoms with Crippen LogP contribution in [-0.4, -0.2) is 20.8 Å². The first-order valence-corrected chi connectivity index (χ1v) is 8.32. The number of hydrogen-bond donors (Lipinski definition) is 1. The van der Waals surface area contributed by atoms with E-state index in [9.17, 15) is 4.79 Å². The molecule has 0 atom stereocenters. The van der Waals surface area contributed by atoms with Gasteiger partial charge in [-0.2, -0.15) is 5.10 Å². The predicted molar refractivity (Wildman–Crippen MR) is 97.4 cm³/mol. The number of ether oxygens (including phenoxy) is 1. The molecule has 3 aromatic rings. The number of benzene rings is 1. The highest BCUT2D eigenvalue weighted by Gasteiger charge is 2.22. The van der Waals surface area contributed by atoms with E-state index in [0.29, 0.717) is 17.0 Å². The Balaban J connectivity index is 1.79. The van der Waals surface area contributed by atoms with Gasteiger partial charge in [0.25, 0.3) is 5.91 Å². The molecular formula is C19H22N4O3. The lowest BCUT2D eigenvalue weighted by atomic mass is 10.1. The van der Waals surface area contributed by atoms with Gasteiger partial charge in [0.2, 0.25) is 0 Å². The average Bonchev–Trinajstić information content (AvgIpc) is 3.13. The van der Waals surface area contributed by atoms with E-state index in [-0.39, 0.29) is 18.2 Å². The maximum absolute atomic E-state index is 12.6. The van der Waals surface area contributed by atoms with Crippen LogP contribution in [0.2, 0.25) is 0 Å². The van der Waals surface area contributed by atoms with Crippen LogP contribution >= 0.6 is 0 Å². The molecular weight excluding hydrogens is 332 g/mol. The van der Waals surface area contributed by atoms with Gasteiger partial charge in [-0.1, -0.05) is 17.3 Å². The van der Waals surface area contributed by atoms with Gasteiger partial charge in [-0.3, -0.25) is 9.48 Å². The molecule has 7 nitrogen and oxygen atoms in total. The Kier molecular flexibility index (Phi) is 4.79. The van der Waals surface area contributed by atoms with Crippen LogP contribution in [0.3, 0.4) is 0 Å². The molecule has 0 unspecified atom stereocenters. The third kappa shape index (κ3) is 3.33. The highest BCUT2D eigenvalue weighted by molar-refractivity contribution is 6.04. The number of aromatic nitrogens is 3. The minimum Gasteiger partial charge on any atom is -0.488 e. The van der Waals surface area contributed by atoms with Crippen LogP contribution in [-0.2, 0) is 13.7 Å². The van der Waals surface area contributed by atoms with Gasteiger partial charge >= 0.3 is 0 Å². The van der Waals surface area contributed by atoms with E-state index in [1.807, 2.05) is 46.0 Å². The summed E-state index contributed by atoms with van der Waals surface area (Å²) in [6.07, 6.45) is 1.60. The molecule has 2 heterocycles. The van der Waals surface area contributed by atoms with E-state index >= 15 is 0 Å². The number of nitrogens with one attached hydrogen (secondary N) is 1. The van der Waals surface area contributed by atoms with Gasteiger partial charge in [-0.05, 0) is 44.9 Å². The highest BCUT2D eigenvalue weighted by atomic mass is 16.5. The Hall–Kier alpha value is -3.09. The van der Waals surface area contributed by atoms with Gasteiger partial charge in [-0.25, -0.2) is 0 Å². The summed E-state index contributed by atoms with van der Waals surface area (Å²) in [5.74, 6) is 0.987. The fourth-order valence-electron chi connectivity index (χ4n) is 2.57. The Morgan fingerprint density at radius 3 is 2.73 bits per heavy atom. The van der Waals surface area contributed by atoms with Crippen molar-refractivity contribution >= 4 is 11.6 Å². The maximum atomic E-state index is 12.6. The third-order valence-electron chi connectivity index (χ3n) is 4.61. The molecule has 0 aliphatic carbocycles. The number of nitrogens with zero attached hydrogens (tertiary/aromatic N) is 3. The number of aryl methyl sites for hydroxylation is 3. The van der Waals surface area contributed by atoms with Crippen molar-refractivity contribution in [1.29, 1.82) is 0 Å². The summed E-state index contributed by atoms with van der Waals surface area (Å²) in [6.45, 7) is 7.88. The molecule has 0 spiro atoms. The molecule has 1 aromatic carbocycles. The first-order valence-electron chi connectivity index (χ1n) is 8.32. The second-order valence-electron chi connectivity index (χ2n) is 6.27. The SMILES string of the molecule is Cc1cccc(OCc2c(C(=O)Nc3cnn(C)c3C)noc2C)c1C. The molecule has 1 amide bonds. The van der Waals surface area contributed by atoms with Crippen LogP contribution in [0.4, 0.5) is 5.69 Å². The van der Waals surface area contributed by atoms with Gasteiger partial charge < -0.3 is 14.6 Å². The predicted octanol–water partition coefficient (Wildman–Crippen LogP) is 3.47. The zero-order chi connectivity index (χ0) is 18.8. The quantitative estimate of drug-likeness (QED) is 0.758. The molecule has 0 fully saturated rings. The van der Waals surface area contributed by atoms with E-state index < -0.39 is 0 Å². The molecule has 0 saturated heterocycles. The number of carbonyl (C=O) groups is 1. The van der Waals surface area contributed by atoms with E-state index in [1.165, 1.54) is 0 Å². The summed E-state index contributed by atoms with van der Waals surface area (Å²) >= 11 is 0. The Bertz CT molecular complexity index is 956. The van der Waals surface area contributed by atoms with Crippen LogP contribution < -0.4 is 10.1 Å². The summed E-state index contributed by atoms with van der Waals surface area (Å²) < 4.78 is 12.8. The van der Waals surface area contributed by atoms with Gasteiger partial charge in [0.1, 0.15) is 18.1 Å². The smallest absolute Gasteiger partial charge is 0.278 e. The van der Waals surface area contributed by atoms with Crippen LogP contribution in [0.25, 0.3) is 0 Å². The summed E-state index contributed by atoms with van der Waals surface area (Å²) in [6, 6.07) is 5.88. The van der Waals surface area contributed by atoms with Gasteiger partial charge in [0.15, 0.2) is 5.69 Å². The first-order chi connectivity index (χ1) is 12.4. The zero-order valence-electron chi connectivity index (χ0n) is 15.6. The van der Waals surface area contributed by atoms with Crippen molar-refractivity contribution in [3.63, 3.8) is 0 Å². The molecule has 2 aromatic heterocycles. The molecule has 1 N–H and O–H groups in total. The minimum atomic E-state index is -0.350. The molecule has 3 rings (SSSR count). The monoisotopic (exact) mass is 354 g/mol. The molecule has 7 heteroatoms. The molecule has 26 heavy (non-hydrogen) atoms. The maximum Gasteiger partial charge on any atom is 0.278 e. The van der Waals surface area contributed by atoms with Crippen molar-refractivity contribution in [2.45, 2.75) is 34.3 Å². The number of carbonyl (C=O) groups excluding carboxylic acids is 1. The molecule has 0 bridgehead atoms. The minimum absolute atomic E-state index is 0.203. The molecule has 0 aliphatic rings. The van der Waals surface area contributed by atoms with E-state index in [1.54, 1.807) is 17.8 Å². The molecule has 0 radical (unpaired) electrons. The fraction of sp³-hybridized carbons (Fsp3) is 0.316. The van der Waals surface area contributed by atoms with Crippen LogP contribution in [0.1, 0.15) is 38.6 Å². The Morgan fingerprint density at radius 2 is 2.04 bits per heavy atom. The lowest BCUT2D eigenvalue weighted by molar-refractivity contribution is 0.101. The van der Waals surface area contributed by atoms with Crippen molar-refractivity contribution in [2.24, 2.45) is 7.05 Å². The Labute approximate surface area is 151 Å².